The number of nitrogens with one attached hydrogen (secondary N) is 2. The maximum atomic E-state index is 11.7. The Labute approximate surface area is 123 Å². The maximum absolute atomic E-state index is 11.7. The molecule has 0 saturated heterocycles. The van der Waals surface area contributed by atoms with Gasteiger partial charge in [0.25, 0.3) is 0 Å². The summed E-state index contributed by atoms with van der Waals surface area (Å²) in [6.07, 6.45) is 2.53. The second-order valence-electron chi connectivity index (χ2n) is 4.62. The molecule has 1 rings (SSSR count). The van der Waals surface area contributed by atoms with Crippen LogP contribution in [0.5, 0.6) is 0 Å². The number of aromatic nitrogens is 1. The zero-order valence-electron chi connectivity index (χ0n) is 12.3. The molecule has 0 bridgehead atoms. The summed E-state index contributed by atoms with van der Waals surface area (Å²) in [6, 6.07) is 2.26. The average molecular weight is 295 g/mol. The highest BCUT2D eigenvalue weighted by molar-refractivity contribution is 5.82. The van der Waals surface area contributed by atoms with Gasteiger partial charge in [0.2, 0.25) is 0 Å². The van der Waals surface area contributed by atoms with E-state index in [-0.39, 0.29) is 6.54 Å². The van der Waals surface area contributed by atoms with Gasteiger partial charge in [-0.25, -0.2) is 9.59 Å². The van der Waals surface area contributed by atoms with Gasteiger partial charge in [-0.3, -0.25) is 4.98 Å². The monoisotopic (exact) mass is 295 g/mol. The quantitative estimate of drug-likeness (QED) is 0.623. The molecule has 3 N–H and O–H groups in total. The number of methoxy groups -OCH3 is 1. The Morgan fingerprint density at radius 2 is 2.24 bits per heavy atom. The van der Waals surface area contributed by atoms with Crippen LogP contribution in [0.2, 0.25) is 0 Å². The summed E-state index contributed by atoms with van der Waals surface area (Å²) in [4.78, 5) is 26.9. The van der Waals surface area contributed by atoms with Crippen LogP contribution in [0.4, 0.5) is 4.79 Å². The molecule has 0 radical (unpaired) electrons. The van der Waals surface area contributed by atoms with Gasteiger partial charge in [0.1, 0.15) is 6.04 Å². The zero-order chi connectivity index (χ0) is 15.7. The molecule has 0 aliphatic rings. The molecule has 7 nitrogen and oxygen atoms in total. The Morgan fingerprint density at radius 1 is 1.48 bits per heavy atom. The van der Waals surface area contributed by atoms with Crippen LogP contribution in [0.3, 0.4) is 0 Å². The first-order chi connectivity index (χ1) is 10.0. The third kappa shape index (κ3) is 6.22. The molecule has 2 amide bonds. The molecule has 7 heteroatoms. The fourth-order valence-electron chi connectivity index (χ4n) is 1.77. The van der Waals surface area contributed by atoms with Gasteiger partial charge in [-0.1, -0.05) is 6.07 Å². The second kappa shape index (κ2) is 8.91. The molecule has 0 aliphatic heterocycles. The summed E-state index contributed by atoms with van der Waals surface area (Å²) < 4.78 is 4.87. The summed E-state index contributed by atoms with van der Waals surface area (Å²) >= 11 is 0. The van der Waals surface area contributed by atoms with E-state index < -0.39 is 18.0 Å². The number of carbonyl (C=O) groups excluding carboxylic acids is 1. The highest BCUT2D eigenvalue weighted by atomic mass is 16.5. The standard InChI is InChI=1S/C14H21N3O4/c1-10-5-3-7-15-12(10)9-16-14(20)17-11(13(18)19)6-4-8-21-2/h3,5,7,11H,4,6,8-9H2,1-2H3,(H,18,19)(H2,16,17,20). The predicted molar refractivity (Wildman–Crippen MR) is 76.9 cm³/mol. The van der Waals surface area contributed by atoms with Crippen LogP contribution in [0.15, 0.2) is 18.3 Å². The van der Waals surface area contributed by atoms with Gasteiger partial charge in [0.15, 0.2) is 0 Å². The number of carboxylic acid groups (broad SMARTS) is 1. The highest BCUT2D eigenvalue weighted by Crippen LogP contribution is 2.02. The van der Waals surface area contributed by atoms with Crippen molar-refractivity contribution in [2.75, 3.05) is 13.7 Å². The van der Waals surface area contributed by atoms with Crippen molar-refractivity contribution in [3.63, 3.8) is 0 Å². The first-order valence-electron chi connectivity index (χ1n) is 6.71. The number of amides is 2. The summed E-state index contributed by atoms with van der Waals surface area (Å²) in [7, 11) is 1.55. The van der Waals surface area contributed by atoms with Crippen LogP contribution >= 0.6 is 0 Å². The first-order valence-corrected chi connectivity index (χ1v) is 6.71. The fraction of sp³-hybridized carbons (Fsp3) is 0.500. The van der Waals surface area contributed by atoms with E-state index in [1.165, 1.54) is 0 Å². The normalized spacial score (nSPS) is 11.7. The highest BCUT2D eigenvalue weighted by Gasteiger charge is 2.19. The summed E-state index contributed by atoms with van der Waals surface area (Å²) in [5.41, 5.74) is 1.71. The number of aliphatic carboxylic acids is 1. The van der Waals surface area contributed by atoms with E-state index >= 15 is 0 Å². The number of ether oxygens (including phenoxy) is 1. The van der Waals surface area contributed by atoms with Gasteiger partial charge in [-0.2, -0.15) is 0 Å². The maximum Gasteiger partial charge on any atom is 0.326 e. The Morgan fingerprint density at radius 3 is 2.86 bits per heavy atom. The molecule has 1 aromatic rings. The molecule has 0 aliphatic carbocycles. The lowest BCUT2D eigenvalue weighted by Crippen LogP contribution is -2.46. The van der Waals surface area contributed by atoms with E-state index in [4.69, 9.17) is 9.84 Å². The molecule has 0 spiro atoms. The molecule has 0 aromatic carbocycles. The molecular weight excluding hydrogens is 274 g/mol. The second-order valence-corrected chi connectivity index (χ2v) is 4.62. The molecule has 1 atom stereocenters. The first kappa shape index (κ1) is 16.9. The number of aryl methyl sites for hydroxylation is 1. The van der Waals surface area contributed by atoms with E-state index in [9.17, 15) is 9.59 Å². The van der Waals surface area contributed by atoms with Crippen molar-refractivity contribution in [1.29, 1.82) is 0 Å². The van der Waals surface area contributed by atoms with Crippen molar-refractivity contribution in [1.82, 2.24) is 15.6 Å². The molecule has 116 valence electrons. The number of carboxylic acids is 1. The summed E-state index contributed by atoms with van der Waals surface area (Å²) in [5, 5.41) is 14.1. The van der Waals surface area contributed by atoms with Crippen LogP contribution in [-0.2, 0) is 16.1 Å². The van der Waals surface area contributed by atoms with Gasteiger partial charge in [-0.05, 0) is 31.4 Å². The lowest BCUT2D eigenvalue weighted by molar-refractivity contribution is -0.139. The van der Waals surface area contributed by atoms with Gasteiger partial charge < -0.3 is 20.5 Å². The molecule has 0 fully saturated rings. The smallest absolute Gasteiger partial charge is 0.326 e. The summed E-state index contributed by atoms with van der Waals surface area (Å²) in [5.74, 6) is -1.06. The van der Waals surface area contributed by atoms with Crippen molar-refractivity contribution in [3.8, 4) is 0 Å². The third-order valence-electron chi connectivity index (χ3n) is 2.98. The van der Waals surface area contributed by atoms with Crippen LogP contribution in [0.1, 0.15) is 24.1 Å². The van der Waals surface area contributed by atoms with E-state index in [0.717, 1.165) is 11.3 Å². The number of nitrogens with zero attached hydrogens (tertiary/aromatic N) is 1. The van der Waals surface area contributed by atoms with Crippen LogP contribution in [0.25, 0.3) is 0 Å². The molecular formula is C14H21N3O4. The lowest BCUT2D eigenvalue weighted by Gasteiger charge is -2.15. The number of rotatable bonds is 8. The van der Waals surface area contributed by atoms with Crippen molar-refractivity contribution >= 4 is 12.0 Å². The predicted octanol–water partition coefficient (Wildman–Crippen LogP) is 1.07. The molecule has 21 heavy (non-hydrogen) atoms. The van der Waals surface area contributed by atoms with Gasteiger partial charge in [0, 0.05) is 19.9 Å². The van der Waals surface area contributed by atoms with Crippen molar-refractivity contribution < 1.29 is 19.4 Å². The number of hydrogen-bond donors (Lipinski definition) is 3. The van der Waals surface area contributed by atoms with E-state index in [1.807, 2.05) is 19.1 Å². The van der Waals surface area contributed by atoms with Crippen LogP contribution in [-0.4, -0.2) is 41.8 Å². The van der Waals surface area contributed by atoms with Crippen molar-refractivity contribution in [2.24, 2.45) is 0 Å². The third-order valence-corrected chi connectivity index (χ3v) is 2.98. The molecule has 1 aromatic heterocycles. The van der Waals surface area contributed by atoms with Crippen LogP contribution in [0, 0.1) is 6.92 Å². The number of hydrogen-bond acceptors (Lipinski definition) is 4. The Bertz CT molecular complexity index is 479. The van der Waals surface area contributed by atoms with E-state index in [2.05, 4.69) is 15.6 Å². The van der Waals surface area contributed by atoms with Gasteiger partial charge in [0.05, 0.1) is 12.2 Å². The molecule has 1 heterocycles. The number of urea groups is 1. The Kier molecular flexibility index (Phi) is 7.17. The fourth-order valence-corrected chi connectivity index (χ4v) is 1.77. The number of pyridine rings is 1. The van der Waals surface area contributed by atoms with Crippen LogP contribution < -0.4 is 10.6 Å². The van der Waals surface area contributed by atoms with E-state index in [0.29, 0.717) is 19.4 Å². The topological polar surface area (TPSA) is 101 Å². The lowest BCUT2D eigenvalue weighted by atomic mass is 10.1. The van der Waals surface area contributed by atoms with Crippen molar-refractivity contribution in [3.05, 3.63) is 29.6 Å². The average Bonchev–Trinajstić information content (AvgIpc) is 2.45. The largest absolute Gasteiger partial charge is 0.480 e. The molecule has 1 unspecified atom stereocenters. The van der Waals surface area contributed by atoms with Crippen molar-refractivity contribution in [2.45, 2.75) is 32.4 Å². The van der Waals surface area contributed by atoms with Gasteiger partial charge in [-0.15, -0.1) is 0 Å². The van der Waals surface area contributed by atoms with Gasteiger partial charge >= 0.3 is 12.0 Å². The Balaban J connectivity index is 2.43. The SMILES string of the molecule is COCCCC(NC(=O)NCc1ncccc1C)C(=O)O. The summed E-state index contributed by atoms with van der Waals surface area (Å²) in [6.45, 7) is 2.61. The Hall–Kier alpha value is -2.15. The molecule has 0 saturated carbocycles. The minimum absolute atomic E-state index is 0.253. The zero-order valence-corrected chi connectivity index (χ0v) is 12.3. The minimum Gasteiger partial charge on any atom is -0.480 e. The van der Waals surface area contributed by atoms with E-state index in [1.54, 1.807) is 13.3 Å². The number of carbonyl (C=O) groups is 2. The minimum atomic E-state index is -1.06.